The number of halogens is 3. The number of nitrogens with zero attached hydrogens (tertiary/aromatic N) is 2. The molecule has 1 aromatic heterocycles. The molecule has 1 heterocycles. The Kier molecular flexibility index (Phi) is 4.06. The van der Waals surface area contributed by atoms with Crippen LogP contribution in [0.25, 0.3) is 0 Å². The number of hydrogen-bond donors (Lipinski definition) is 0. The highest BCUT2D eigenvalue weighted by atomic mass is 19.4. The largest absolute Gasteiger partial charge is 0.509 e. The average molecular weight is 283 g/mol. The lowest BCUT2D eigenvalue weighted by molar-refractivity contribution is 0.316. The van der Waals surface area contributed by atoms with Gasteiger partial charge in [-0.3, -0.25) is 4.68 Å². The van der Waals surface area contributed by atoms with Crippen molar-refractivity contribution in [1.82, 2.24) is 9.78 Å². The first-order chi connectivity index (χ1) is 9.38. The fourth-order valence-electron chi connectivity index (χ4n) is 1.95. The number of rotatable bonds is 5. The van der Waals surface area contributed by atoms with Crippen LogP contribution in [0.4, 0.5) is 12.9 Å². The van der Waals surface area contributed by atoms with Gasteiger partial charge in [-0.15, -0.1) is 5.46 Å². The lowest BCUT2D eigenvalue weighted by Gasteiger charge is -2.17. The van der Waals surface area contributed by atoms with Crippen molar-refractivity contribution in [3.63, 3.8) is 0 Å². The van der Waals surface area contributed by atoms with Gasteiger partial charge in [-0.25, -0.2) is 0 Å². The Balaban J connectivity index is 1.98. The van der Waals surface area contributed by atoms with Crippen molar-refractivity contribution in [3.8, 4) is 5.75 Å². The Hall–Kier alpha value is -1.92. The number of ether oxygens (including phenoxy) is 1. The van der Waals surface area contributed by atoms with Crippen molar-refractivity contribution < 1.29 is 17.7 Å². The molecule has 0 unspecified atom stereocenters. The standard InChI is InChI=1S/C13H15BF3N2O/c1-10-9-11(14(15,16)17)3-4-13(10)20-8-6-12-5-7-18-19(12)2/h3-5,7,9H,6,8H2,1-2H3/q-1. The molecular weight excluding hydrogens is 268 g/mol. The van der Waals surface area contributed by atoms with Crippen LogP contribution in [0, 0.1) is 6.92 Å². The van der Waals surface area contributed by atoms with Crippen LogP contribution in [-0.4, -0.2) is 23.4 Å². The molecule has 2 aromatic rings. The third-order valence-corrected chi connectivity index (χ3v) is 3.12. The highest BCUT2D eigenvalue weighted by Crippen LogP contribution is 2.19. The molecule has 0 aliphatic carbocycles. The minimum absolute atomic E-state index is 0.400. The zero-order valence-corrected chi connectivity index (χ0v) is 11.3. The zero-order valence-electron chi connectivity index (χ0n) is 11.3. The monoisotopic (exact) mass is 283 g/mol. The van der Waals surface area contributed by atoms with Crippen LogP contribution < -0.4 is 10.2 Å². The van der Waals surface area contributed by atoms with Crippen LogP contribution >= 0.6 is 0 Å². The van der Waals surface area contributed by atoms with Crippen molar-refractivity contribution in [2.24, 2.45) is 7.05 Å². The van der Waals surface area contributed by atoms with E-state index < -0.39 is 12.4 Å². The fourth-order valence-corrected chi connectivity index (χ4v) is 1.95. The summed E-state index contributed by atoms with van der Waals surface area (Å²) in [6.45, 7) is -2.94. The number of aromatic nitrogens is 2. The number of benzene rings is 1. The van der Waals surface area contributed by atoms with Crippen LogP contribution in [-0.2, 0) is 13.5 Å². The van der Waals surface area contributed by atoms with Crippen LogP contribution in [0.3, 0.4) is 0 Å². The van der Waals surface area contributed by atoms with Gasteiger partial charge < -0.3 is 17.7 Å². The molecule has 0 radical (unpaired) electrons. The summed E-state index contributed by atoms with van der Waals surface area (Å²) in [7, 11) is 1.83. The number of hydrogen-bond acceptors (Lipinski definition) is 2. The fraction of sp³-hybridized carbons (Fsp3) is 0.308. The summed E-state index contributed by atoms with van der Waals surface area (Å²) in [5.41, 5.74) is 0.908. The molecule has 0 fully saturated rings. The molecule has 20 heavy (non-hydrogen) atoms. The third kappa shape index (κ3) is 3.34. The molecule has 3 nitrogen and oxygen atoms in total. The average Bonchev–Trinajstić information content (AvgIpc) is 2.76. The van der Waals surface area contributed by atoms with E-state index in [9.17, 15) is 12.9 Å². The molecule has 0 aliphatic rings. The second-order valence-corrected chi connectivity index (χ2v) is 4.64. The summed E-state index contributed by atoms with van der Waals surface area (Å²) in [6.07, 6.45) is 2.35. The highest BCUT2D eigenvalue weighted by molar-refractivity contribution is 6.73. The van der Waals surface area contributed by atoms with E-state index in [0.29, 0.717) is 24.3 Å². The molecule has 0 saturated carbocycles. The lowest BCUT2D eigenvalue weighted by Crippen LogP contribution is -2.34. The third-order valence-electron chi connectivity index (χ3n) is 3.12. The van der Waals surface area contributed by atoms with Gasteiger partial charge in [0.1, 0.15) is 5.75 Å². The van der Waals surface area contributed by atoms with Crippen molar-refractivity contribution in [2.45, 2.75) is 13.3 Å². The summed E-state index contributed by atoms with van der Waals surface area (Å²) in [6, 6.07) is 5.44. The van der Waals surface area contributed by atoms with E-state index in [1.165, 1.54) is 6.07 Å². The molecule has 0 saturated heterocycles. The van der Waals surface area contributed by atoms with Crippen molar-refractivity contribution >= 4 is 12.4 Å². The van der Waals surface area contributed by atoms with Crippen LogP contribution in [0.1, 0.15) is 11.3 Å². The summed E-state index contributed by atoms with van der Waals surface area (Å²) >= 11 is 0. The van der Waals surface area contributed by atoms with Crippen molar-refractivity contribution in [3.05, 3.63) is 41.7 Å². The lowest BCUT2D eigenvalue weighted by atomic mass is 9.79. The maximum atomic E-state index is 12.6. The molecule has 0 amide bonds. The Bertz CT molecular complexity index is 596. The Labute approximate surface area is 115 Å². The van der Waals surface area contributed by atoms with E-state index in [1.54, 1.807) is 17.8 Å². The highest BCUT2D eigenvalue weighted by Gasteiger charge is 2.25. The van der Waals surface area contributed by atoms with E-state index in [2.05, 4.69) is 5.10 Å². The molecule has 0 atom stereocenters. The normalized spacial score (nSPS) is 11.7. The molecule has 108 valence electrons. The Morgan fingerprint density at radius 2 is 2.00 bits per heavy atom. The van der Waals surface area contributed by atoms with Crippen molar-refractivity contribution in [2.75, 3.05) is 6.61 Å². The molecular formula is C13H15BF3N2O-. The Morgan fingerprint density at radius 1 is 1.25 bits per heavy atom. The van der Waals surface area contributed by atoms with E-state index in [4.69, 9.17) is 4.74 Å². The van der Waals surface area contributed by atoms with Gasteiger partial charge in [-0.1, -0.05) is 12.1 Å². The molecule has 7 heteroatoms. The first-order valence-electron chi connectivity index (χ1n) is 6.28. The predicted molar refractivity (Wildman–Crippen MR) is 72.3 cm³/mol. The second kappa shape index (κ2) is 5.60. The predicted octanol–water partition coefficient (Wildman–Crippen LogP) is 2.40. The minimum Gasteiger partial charge on any atom is -0.493 e. The van der Waals surface area contributed by atoms with Gasteiger partial charge >= 0.3 is 6.98 Å². The number of aryl methyl sites for hydroxylation is 2. The minimum atomic E-state index is -4.96. The summed E-state index contributed by atoms with van der Waals surface area (Å²) in [4.78, 5) is 0. The van der Waals surface area contributed by atoms with E-state index in [1.807, 2.05) is 13.1 Å². The summed E-state index contributed by atoms with van der Waals surface area (Å²) < 4.78 is 45.1. The summed E-state index contributed by atoms with van der Waals surface area (Å²) in [5.74, 6) is 0.482. The molecule has 0 spiro atoms. The maximum absolute atomic E-state index is 12.6. The van der Waals surface area contributed by atoms with Gasteiger partial charge in [-0.2, -0.15) is 5.10 Å². The van der Waals surface area contributed by atoms with Crippen LogP contribution in [0.2, 0.25) is 0 Å². The molecule has 2 rings (SSSR count). The van der Waals surface area contributed by atoms with Crippen LogP contribution in [0.15, 0.2) is 30.5 Å². The van der Waals surface area contributed by atoms with Gasteiger partial charge in [0.05, 0.1) is 6.61 Å². The topological polar surface area (TPSA) is 27.1 Å². The maximum Gasteiger partial charge on any atom is 0.509 e. The van der Waals surface area contributed by atoms with Gasteiger partial charge in [0.2, 0.25) is 0 Å². The smallest absolute Gasteiger partial charge is 0.493 e. The first-order valence-corrected chi connectivity index (χ1v) is 6.28. The molecule has 0 aliphatic heterocycles. The zero-order chi connectivity index (χ0) is 14.8. The van der Waals surface area contributed by atoms with E-state index in [0.717, 1.165) is 17.8 Å². The molecule has 0 bridgehead atoms. The van der Waals surface area contributed by atoms with Crippen molar-refractivity contribution in [1.29, 1.82) is 0 Å². The molecule has 1 aromatic carbocycles. The van der Waals surface area contributed by atoms with Gasteiger partial charge in [0.25, 0.3) is 0 Å². The first kappa shape index (κ1) is 14.5. The van der Waals surface area contributed by atoms with Gasteiger partial charge in [0, 0.05) is 25.4 Å². The second-order valence-electron chi connectivity index (χ2n) is 4.64. The Morgan fingerprint density at radius 3 is 2.55 bits per heavy atom. The molecule has 0 N–H and O–H groups in total. The van der Waals surface area contributed by atoms with Gasteiger partial charge in [-0.05, 0) is 24.6 Å². The quantitative estimate of drug-likeness (QED) is 0.788. The summed E-state index contributed by atoms with van der Waals surface area (Å²) in [5, 5.41) is 4.04. The van der Waals surface area contributed by atoms with Gasteiger partial charge in [0.15, 0.2) is 0 Å². The van der Waals surface area contributed by atoms with Crippen LogP contribution in [0.5, 0.6) is 5.75 Å². The van der Waals surface area contributed by atoms with E-state index >= 15 is 0 Å². The SMILES string of the molecule is Cc1cc([B-](F)(F)F)ccc1OCCc1ccnn1C. The van der Waals surface area contributed by atoms with E-state index in [-0.39, 0.29) is 0 Å².